The number of halogens is 1. The van der Waals surface area contributed by atoms with E-state index < -0.39 is 0 Å². The average molecular weight is 316 g/mol. The van der Waals surface area contributed by atoms with Crippen molar-refractivity contribution in [1.29, 1.82) is 0 Å². The van der Waals surface area contributed by atoms with Crippen LogP contribution in [-0.4, -0.2) is 46.9 Å². The van der Waals surface area contributed by atoms with E-state index in [1.54, 1.807) is 0 Å². The van der Waals surface area contributed by atoms with Gasteiger partial charge in [0.2, 0.25) is 0 Å². The summed E-state index contributed by atoms with van der Waals surface area (Å²) in [5.41, 5.74) is 1.91. The number of rotatable bonds is 3. The molecular formula is C17H18ClN3O. The number of carbonyl (C=O) groups is 1. The molecule has 0 aliphatic carbocycles. The van der Waals surface area contributed by atoms with Crippen LogP contribution in [0.1, 0.15) is 15.9 Å². The van der Waals surface area contributed by atoms with Crippen LogP contribution < -0.4 is 0 Å². The van der Waals surface area contributed by atoms with Crippen molar-refractivity contribution in [2.45, 2.75) is 6.54 Å². The zero-order valence-corrected chi connectivity index (χ0v) is 13.0. The van der Waals surface area contributed by atoms with Crippen molar-refractivity contribution in [3.05, 3.63) is 64.9 Å². The van der Waals surface area contributed by atoms with Crippen LogP contribution in [0.25, 0.3) is 0 Å². The molecule has 2 aromatic rings. The number of benzene rings is 1. The second kappa shape index (κ2) is 6.90. The van der Waals surface area contributed by atoms with E-state index in [1.807, 2.05) is 53.6 Å². The Labute approximate surface area is 135 Å². The van der Waals surface area contributed by atoms with Crippen LogP contribution in [0.5, 0.6) is 0 Å². The predicted molar refractivity (Wildman–Crippen MR) is 86.9 cm³/mol. The van der Waals surface area contributed by atoms with Crippen LogP contribution in [0.15, 0.2) is 48.7 Å². The fourth-order valence-corrected chi connectivity index (χ4v) is 2.74. The Morgan fingerprint density at radius 2 is 1.77 bits per heavy atom. The SMILES string of the molecule is O=C(c1ccccc1)N1CCN(Cc2ccc(Cl)nc2)CC1. The van der Waals surface area contributed by atoms with Gasteiger partial charge in [-0.2, -0.15) is 0 Å². The molecule has 114 valence electrons. The van der Waals surface area contributed by atoms with Crippen molar-refractivity contribution in [2.75, 3.05) is 26.2 Å². The highest BCUT2D eigenvalue weighted by molar-refractivity contribution is 6.29. The fourth-order valence-electron chi connectivity index (χ4n) is 2.63. The largest absolute Gasteiger partial charge is 0.336 e. The molecule has 1 amide bonds. The lowest BCUT2D eigenvalue weighted by Crippen LogP contribution is -2.48. The van der Waals surface area contributed by atoms with Gasteiger partial charge in [0.1, 0.15) is 5.15 Å². The zero-order valence-electron chi connectivity index (χ0n) is 12.3. The minimum atomic E-state index is 0.119. The maximum Gasteiger partial charge on any atom is 0.253 e. The third-order valence-electron chi connectivity index (χ3n) is 3.88. The lowest BCUT2D eigenvalue weighted by atomic mass is 10.1. The van der Waals surface area contributed by atoms with Crippen molar-refractivity contribution in [3.63, 3.8) is 0 Å². The Balaban J connectivity index is 1.54. The van der Waals surface area contributed by atoms with Crippen LogP contribution in [0, 0.1) is 0 Å². The Kier molecular flexibility index (Phi) is 4.71. The summed E-state index contributed by atoms with van der Waals surface area (Å²) < 4.78 is 0. The monoisotopic (exact) mass is 315 g/mol. The molecule has 22 heavy (non-hydrogen) atoms. The molecule has 1 aromatic carbocycles. The lowest BCUT2D eigenvalue weighted by Gasteiger charge is -2.34. The summed E-state index contributed by atoms with van der Waals surface area (Å²) in [6.45, 7) is 4.11. The van der Waals surface area contributed by atoms with E-state index in [0.29, 0.717) is 5.15 Å². The third-order valence-corrected chi connectivity index (χ3v) is 4.10. The molecule has 0 saturated carbocycles. The second-order valence-corrected chi connectivity index (χ2v) is 5.81. The maximum atomic E-state index is 12.4. The molecule has 0 spiro atoms. The van der Waals surface area contributed by atoms with E-state index in [1.165, 1.54) is 0 Å². The minimum Gasteiger partial charge on any atom is -0.336 e. The first-order valence-electron chi connectivity index (χ1n) is 7.39. The van der Waals surface area contributed by atoms with Crippen LogP contribution in [0.2, 0.25) is 5.15 Å². The molecule has 1 aliphatic heterocycles. The maximum absolute atomic E-state index is 12.4. The van der Waals surface area contributed by atoms with Gasteiger partial charge in [-0.3, -0.25) is 9.69 Å². The first-order valence-corrected chi connectivity index (χ1v) is 7.77. The molecule has 5 heteroatoms. The van der Waals surface area contributed by atoms with E-state index in [9.17, 15) is 4.79 Å². The Bertz CT molecular complexity index is 622. The van der Waals surface area contributed by atoms with Gasteiger partial charge in [0.25, 0.3) is 5.91 Å². The fraction of sp³-hybridized carbons (Fsp3) is 0.294. The highest BCUT2D eigenvalue weighted by Crippen LogP contribution is 2.12. The van der Waals surface area contributed by atoms with Crippen molar-refractivity contribution >= 4 is 17.5 Å². The number of hydrogen-bond acceptors (Lipinski definition) is 3. The van der Waals surface area contributed by atoms with Crippen LogP contribution in [-0.2, 0) is 6.54 Å². The molecule has 0 unspecified atom stereocenters. The molecule has 0 radical (unpaired) electrons. The average Bonchev–Trinajstić information content (AvgIpc) is 2.58. The zero-order chi connectivity index (χ0) is 15.4. The predicted octanol–water partition coefficient (Wildman–Crippen LogP) is 2.69. The quantitative estimate of drug-likeness (QED) is 0.817. The summed E-state index contributed by atoms with van der Waals surface area (Å²) in [6.07, 6.45) is 1.81. The van der Waals surface area contributed by atoms with Crippen LogP contribution in [0.3, 0.4) is 0 Å². The number of hydrogen-bond donors (Lipinski definition) is 0. The number of nitrogens with zero attached hydrogens (tertiary/aromatic N) is 3. The van der Waals surface area contributed by atoms with Gasteiger partial charge in [-0.1, -0.05) is 35.9 Å². The molecule has 3 rings (SSSR count). The summed E-state index contributed by atoms with van der Waals surface area (Å²) in [4.78, 5) is 20.7. The number of amides is 1. The van der Waals surface area contributed by atoms with Crippen molar-refractivity contribution in [1.82, 2.24) is 14.8 Å². The first kappa shape index (κ1) is 15.0. The van der Waals surface area contributed by atoms with E-state index in [0.717, 1.165) is 43.9 Å². The minimum absolute atomic E-state index is 0.119. The topological polar surface area (TPSA) is 36.4 Å². The number of piperazine rings is 1. The lowest BCUT2D eigenvalue weighted by molar-refractivity contribution is 0.0628. The van der Waals surface area contributed by atoms with Gasteiger partial charge in [-0.25, -0.2) is 4.98 Å². The standard InChI is InChI=1S/C17H18ClN3O/c18-16-7-6-14(12-19-16)13-20-8-10-21(11-9-20)17(22)15-4-2-1-3-5-15/h1-7,12H,8-11,13H2. The van der Waals surface area contributed by atoms with Gasteiger partial charge < -0.3 is 4.90 Å². The molecule has 0 atom stereocenters. The molecule has 4 nitrogen and oxygen atoms in total. The Morgan fingerprint density at radius 3 is 2.41 bits per heavy atom. The molecule has 1 saturated heterocycles. The number of aromatic nitrogens is 1. The van der Waals surface area contributed by atoms with Gasteiger partial charge in [-0.05, 0) is 23.8 Å². The molecule has 1 aromatic heterocycles. The molecule has 2 heterocycles. The Hall–Kier alpha value is -1.91. The van der Waals surface area contributed by atoms with Gasteiger partial charge in [0.05, 0.1) is 0 Å². The molecule has 0 bridgehead atoms. The molecule has 1 aliphatic rings. The second-order valence-electron chi connectivity index (χ2n) is 5.42. The highest BCUT2D eigenvalue weighted by atomic mass is 35.5. The van der Waals surface area contributed by atoms with Crippen molar-refractivity contribution < 1.29 is 4.79 Å². The normalized spacial score (nSPS) is 15.8. The number of pyridine rings is 1. The van der Waals surface area contributed by atoms with Crippen molar-refractivity contribution in [2.24, 2.45) is 0 Å². The first-order chi connectivity index (χ1) is 10.7. The van der Waals surface area contributed by atoms with Crippen LogP contribution in [0.4, 0.5) is 0 Å². The summed E-state index contributed by atoms with van der Waals surface area (Å²) >= 11 is 5.80. The molecule has 1 fully saturated rings. The van der Waals surface area contributed by atoms with E-state index in [4.69, 9.17) is 11.6 Å². The van der Waals surface area contributed by atoms with Crippen molar-refractivity contribution in [3.8, 4) is 0 Å². The summed E-state index contributed by atoms with van der Waals surface area (Å²) in [5, 5.41) is 0.516. The van der Waals surface area contributed by atoms with Gasteiger partial charge in [0, 0.05) is 44.5 Å². The number of carbonyl (C=O) groups excluding carboxylic acids is 1. The third kappa shape index (κ3) is 3.64. The van der Waals surface area contributed by atoms with Gasteiger partial charge in [0.15, 0.2) is 0 Å². The van der Waals surface area contributed by atoms with Crippen LogP contribution >= 0.6 is 11.6 Å². The summed E-state index contributed by atoms with van der Waals surface area (Å²) in [5.74, 6) is 0.119. The highest BCUT2D eigenvalue weighted by Gasteiger charge is 2.21. The summed E-state index contributed by atoms with van der Waals surface area (Å²) in [6, 6.07) is 13.3. The van der Waals surface area contributed by atoms with E-state index in [2.05, 4.69) is 9.88 Å². The van der Waals surface area contributed by atoms with Gasteiger partial charge in [-0.15, -0.1) is 0 Å². The van der Waals surface area contributed by atoms with Gasteiger partial charge >= 0.3 is 0 Å². The smallest absolute Gasteiger partial charge is 0.253 e. The summed E-state index contributed by atoms with van der Waals surface area (Å²) in [7, 11) is 0. The van der Waals surface area contributed by atoms with E-state index in [-0.39, 0.29) is 5.91 Å². The van der Waals surface area contributed by atoms with E-state index >= 15 is 0 Å². The molecular weight excluding hydrogens is 298 g/mol. The molecule has 0 N–H and O–H groups in total. The Morgan fingerprint density at radius 1 is 1.05 bits per heavy atom.